The highest BCUT2D eigenvalue weighted by Crippen LogP contribution is 2.45. The SMILES string of the molecule is c1ccc2c(c1)c1ccc(-c3cnccn3)cc1c1c3ccccc3c3ccc(-c4cnccn4)cc3c21. The maximum atomic E-state index is 4.58. The van der Waals surface area contributed by atoms with Gasteiger partial charge in [-0.3, -0.25) is 19.9 Å². The van der Waals surface area contributed by atoms with Crippen molar-refractivity contribution in [2.24, 2.45) is 0 Å². The van der Waals surface area contributed by atoms with Crippen LogP contribution in [0.15, 0.2) is 122 Å². The van der Waals surface area contributed by atoms with E-state index in [1.165, 1.54) is 53.9 Å². The highest BCUT2D eigenvalue weighted by atomic mass is 14.8. The molecule has 0 aliphatic rings. The predicted molar refractivity (Wildman–Crippen MR) is 156 cm³/mol. The Labute approximate surface area is 218 Å². The second-order valence-electron chi connectivity index (χ2n) is 9.54. The van der Waals surface area contributed by atoms with Crippen molar-refractivity contribution in [2.75, 3.05) is 0 Å². The molecular weight excluding hydrogens is 464 g/mol. The third-order valence-electron chi connectivity index (χ3n) is 7.52. The maximum absolute atomic E-state index is 4.58. The lowest BCUT2D eigenvalue weighted by Crippen LogP contribution is -1.91. The van der Waals surface area contributed by atoms with Crippen molar-refractivity contribution >= 4 is 53.9 Å². The van der Waals surface area contributed by atoms with Gasteiger partial charge in [0.2, 0.25) is 0 Å². The van der Waals surface area contributed by atoms with E-state index in [9.17, 15) is 0 Å². The van der Waals surface area contributed by atoms with Crippen LogP contribution in [0.1, 0.15) is 0 Å². The molecule has 0 aliphatic heterocycles. The third kappa shape index (κ3) is 3.04. The van der Waals surface area contributed by atoms with Crippen molar-refractivity contribution in [3.05, 3.63) is 122 Å². The Balaban J connectivity index is 1.63. The summed E-state index contributed by atoms with van der Waals surface area (Å²) in [6.07, 6.45) is 10.6. The van der Waals surface area contributed by atoms with E-state index < -0.39 is 0 Å². The highest BCUT2D eigenvalue weighted by molar-refractivity contribution is 6.39. The molecule has 0 aliphatic carbocycles. The van der Waals surface area contributed by atoms with Gasteiger partial charge in [-0.05, 0) is 66.0 Å². The van der Waals surface area contributed by atoms with Gasteiger partial charge in [0.1, 0.15) is 0 Å². The molecule has 8 aromatic rings. The summed E-state index contributed by atoms with van der Waals surface area (Å²) in [5.41, 5.74) is 3.84. The number of aromatic nitrogens is 4. The molecule has 0 N–H and O–H groups in total. The van der Waals surface area contributed by atoms with E-state index in [2.05, 4.69) is 105 Å². The van der Waals surface area contributed by atoms with Gasteiger partial charge in [0.25, 0.3) is 0 Å². The van der Waals surface area contributed by atoms with Crippen LogP contribution in [0.2, 0.25) is 0 Å². The molecule has 4 nitrogen and oxygen atoms in total. The fraction of sp³-hybridized carbons (Fsp3) is 0. The van der Waals surface area contributed by atoms with Gasteiger partial charge >= 0.3 is 0 Å². The Morgan fingerprint density at radius 1 is 0.368 bits per heavy atom. The first kappa shape index (κ1) is 20.9. The van der Waals surface area contributed by atoms with Gasteiger partial charge in [0, 0.05) is 35.9 Å². The molecule has 0 radical (unpaired) electrons. The number of benzene rings is 6. The summed E-state index contributed by atoms with van der Waals surface area (Å²) in [7, 11) is 0. The normalized spacial score (nSPS) is 11.7. The van der Waals surface area contributed by atoms with E-state index in [-0.39, 0.29) is 0 Å². The fourth-order valence-electron chi connectivity index (χ4n) is 5.89. The lowest BCUT2D eigenvalue weighted by molar-refractivity contribution is 1.21. The molecule has 0 unspecified atom stereocenters. The lowest BCUT2D eigenvalue weighted by atomic mass is 9.86. The topological polar surface area (TPSA) is 51.6 Å². The molecule has 2 aromatic heterocycles. The molecule has 0 spiro atoms. The van der Waals surface area contributed by atoms with Crippen molar-refractivity contribution in [1.29, 1.82) is 0 Å². The average molecular weight is 485 g/mol. The van der Waals surface area contributed by atoms with E-state index >= 15 is 0 Å². The van der Waals surface area contributed by atoms with Gasteiger partial charge < -0.3 is 0 Å². The summed E-state index contributed by atoms with van der Waals surface area (Å²) in [4.78, 5) is 17.8. The Kier molecular flexibility index (Phi) is 4.49. The molecule has 0 fully saturated rings. The first-order valence-corrected chi connectivity index (χ1v) is 12.6. The zero-order chi connectivity index (χ0) is 25.1. The second kappa shape index (κ2) is 8.15. The summed E-state index contributed by atoms with van der Waals surface area (Å²) in [6.45, 7) is 0. The summed E-state index contributed by atoms with van der Waals surface area (Å²) in [6, 6.07) is 30.8. The van der Waals surface area contributed by atoms with Crippen LogP contribution >= 0.6 is 0 Å². The zero-order valence-corrected chi connectivity index (χ0v) is 20.3. The van der Waals surface area contributed by atoms with Crippen molar-refractivity contribution < 1.29 is 0 Å². The van der Waals surface area contributed by atoms with Crippen molar-refractivity contribution in [3.63, 3.8) is 0 Å². The Morgan fingerprint density at radius 2 is 0.789 bits per heavy atom. The number of nitrogens with zero attached hydrogens (tertiary/aromatic N) is 4. The standard InChI is InChI=1S/C34H20N4/c1-3-7-27-23(5-1)25-11-9-21(31-19-35-13-15-37-31)17-29(25)34-28-8-4-2-6-24(28)26-12-10-22(18-30(26)33(27)34)32-20-36-14-16-38-32/h1-20H. The third-order valence-corrected chi connectivity index (χ3v) is 7.52. The molecule has 6 aromatic carbocycles. The first-order chi connectivity index (χ1) is 18.9. The number of fused-ring (bicyclic) bond motifs is 11. The Bertz CT molecular complexity index is 2010. The molecule has 8 rings (SSSR count). The van der Waals surface area contributed by atoms with Crippen LogP contribution < -0.4 is 0 Å². The zero-order valence-electron chi connectivity index (χ0n) is 20.3. The van der Waals surface area contributed by atoms with E-state index in [0.717, 1.165) is 22.5 Å². The van der Waals surface area contributed by atoms with E-state index in [1.807, 2.05) is 12.4 Å². The van der Waals surface area contributed by atoms with Gasteiger partial charge in [-0.25, -0.2) is 0 Å². The van der Waals surface area contributed by atoms with Crippen molar-refractivity contribution in [2.45, 2.75) is 0 Å². The van der Waals surface area contributed by atoms with E-state index in [0.29, 0.717) is 0 Å². The van der Waals surface area contributed by atoms with E-state index in [1.54, 1.807) is 24.8 Å². The largest absolute Gasteiger partial charge is 0.261 e. The molecule has 0 bridgehead atoms. The van der Waals surface area contributed by atoms with Crippen molar-refractivity contribution in [1.82, 2.24) is 19.9 Å². The molecule has 0 saturated heterocycles. The number of hydrogen-bond acceptors (Lipinski definition) is 4. The predicted octanol–water partition coefficient (Wildman–Crippen LogP) is 8.37. The van der Waals surface area contributed by atoms with Crippen LogP contribution in [0.25, 0.3) is 76.4 Å². The monoisotopic (exact) mass is 484 g/mol. The smallest absolute Gasteiger partial charge is 0.0885 e. The minimum absolute atomic E-state index is 0.866. The molecular formula is C34H20N4. The number of hydrogen-bond donors (Lipinski definition) is 0. The minimum atomic E-state index is 0.866. The Hall–Kier alpha value is -5.22. The highest BCUT2D eigenvalue weighted by Gasteiger charge is 2.17. The van der Waals surface area contributed by atoms with E-state index in [4.69, 9.17) is 0 Å². The quantitative estimate of drug-likeness (QED) is 0.231. The lowest BCUT2D eigenvalue weighted by Gasteiger charge is -2.17. The molecule has 4 heteroatoms. The fourth-order valence-corrected chi connectivity index (χ4v) is 5.89. The van der Waals surface area contributed by atoms with Crippen LogP contribution in [0.3, 0.4) is 0 Å². The summed E-state index contributed by atoms with van der Waals surface area (Å²) in [5.74, 6) is 0. The van der Waals surface area contributed by atoms with Gasteiger partial charge in [0.15, 0.2) is 0 Å². The van der Waals surface area contributed by atoms with Gasteiger partial charge in [-0.15, -0.1) is 0 Å². The van der Waals surface area contributed by atoms with Crippen molar-refractivity contribution in [3.8, 4) is 22.5 Å². The number of rotatable bonds is 2. The molecule has 2 heterocycles. The first-order valence-electron chi connectivity index (χ1n) is 12.6. The average Bonchev–Trinajstić information content (AvgIpc) is 3.01. The second-order valence-corrected chi connectivity index (χ2v) is 9.54. The van der Waals surface area contributed by atoms with Gasteiger partial charge in [-0.1, -0.05) is 72.8 Å². The van der Waals surface area contributed by atoms with Crippen LogP contribution in [0.5, 0.6) is 0 Å². The van der Waals surface area contributed by atoms with Gasteiger partial charge in [0.05, 0.1) is 23.8 Å². The Morgan fingerprint density at radius 3 is 1.21 bits per heavy atom. The molecule has 0 amide bonds. The summed E-state index contributed by atoms with van der Waals surface area (Å²) < 4.78 is 0. The van der Waals surface area contributed by atoms with Crippen LogP contribution in [-0.2, 0) is 0 Å². The van der Waals surface area contributed by atoms with Gasteiger partial charge in [-0.2, -0.15) is 0 Å². The molecule has 0 atom stereocenters. The molecule has 0 saturated carbocycles. The van der Waals surface area contributed by atoms with Crippen LogP contribution in [-0.4, -0.2) is 19.9 Å². The summed E-state index contributed by atoms with van der Waals surface area (Å²) in [5, 5.41) is 12.4. The molecule has 38 heavy (non-hydrogen) atoms. The minimum Gasteiger partial charge on any atom is -0.261 e. The van der Waals surface area contributed by atoms with Crippen LogP contribution in [0, 0.1) is 0 Å². The molecule has 176 valence electrons. The van der Waals surface area contributed by atoms with Crippen LogP contribution in [0.4, 0.5) is 0 Å². The summed E-state index contributed by atoms with van der Waals surface area (Å²) >= 11 is 0. The maximum Gasteiger partial charge on any atom is 0.0885 e.